The van der Waals surface area contributed by atoms with Crippen LogP contribution in [0, 0.1) is 18.3 Å². The average molecular weight is 479 g/mol. The van der Waals surface area contributed by atoms with Crippen molar-refractivity contribution in [3.63, 3.8) is 0 Å². The van der Waals surface area contributed by atoms with E-state index in [2.05, 4.69) is 52.2 Å². The van der Waals surface area contributed by atoms with E-state index in [0.29, 0.717) is 17.9 Å². The molecule has 1 aromatic heterocycles. The largest absolute Gasteiger partial charge is 0.349 e. The standard InChI is InChI=1S/C23H30N2OS.C5H8N2/c1-5-14-27(4,26)25(18-22-15-21(17-24)13-12-19(22)3)23(6-2)16-20-10-8-7-9-11-20;1-2-5-3-6-4-7-5/h7-13,15,23H,4-6,14,16,18H2,1-3H3;3-4H,2H2,1H3,(H,6,7)/t23-,27?;/m0./s1. The van der Waals surface area contributed by atoms with Crippen LogP contribution in [0.1, 0.15) is 61.6 Å². The quantitative estimate of drug-likeness (QED) is 0.380. The Hall–Kier alpha value is -2.88. The van der Waals surface area contributed by atoms with Crippen molar-refractivity contribution in [3.05, 3.63) is 89.0 Å². The molecule has 0 saturated carbocycles. The molecule has 0 bridgehead atoms. The predicted octanol–water partition coefficient (Wildman–Crippen LogP) is 5.70. The van der Waals surface area contributed by atoms with Gasteiger partial charge in [-0.2, -0.15) is 5.26 Å². The lowest BCUT2D eigenvalue weighted by Crippen LogP contribution is -2.42. The van der Waals surface area contributed by atoms with Crippen molar-refractivity contribution in [3.8, 4) is 6.07 Å². The maximum Gasteiger partial charge on any atom is 0.0991 e. The molecule has 0 radical (unpaired) electrons. The molecule has 0 saturated heterocycles. The van der Waals surface area contributed by atoms with Gasteiger partial charge in [0.05, 0.1) is 18.0 Å². The molecule has 1 heterocycles. The van der Waals surface area contributed by atoms with Crippen molar-refractivity contribution in [2.24, 2.45) is 0 Å². The Morgan fingerprint density at radius 1 is 1.18 bits per heavy atom. The van der Waals surface area contributed by atoms with Crippen LogP contribution in [-0.4, -0.2) is 36.1 Å². The number of rotatable bonds is 10. The lowest BCUT2D eigenvalue weighted by Gasteiger charge is -2.34. The Kier molecular flexibility index (Phi) is 11.1. The van der Waals surface area contributed by atoms with Crippen LogP contribution in [-0.2, 0) is 29.1 Å². The fourth-order valence-electron chi connectivity index (χ4n) is 3.85. The number of nitrogens with zero attached hydrogens (tertiary/aromatic N) is 3. The molecule has 1 unspecified atom stereocenters. The van der Waals surface area contributed by atoms with Crippen molar-refractivity contribution in [2.75, 3.05) is 5.75 Å². The van der Waals surface area contributed by atoms with Gasteiger partial charge in [-0.15, -0.1) is 0 Å². The van der Waals surface area contributed by atoms with Gasteiger partial charge < -0.3 is 4.98 Å². The fraction of sp³-hybridized carbons (Fsp3) is 0.393. The number of hydrogen-bond acceptors (Lipinski definition) is 3. The summed E-state index contributed by atoms with van der Waals surface area (Å²) in [6, 6.07) is 18.4. The Bertz CT molecular complexity index is 1130. The molecule has 5 nitrogen and oxygen atoms in total. The van der Waals surface area contributed by atoms with Crippen LogP contribution >= 0.6 is 0 Å². The number of aromatic nitrogens is 2. The molecule has 0 spiro atoms. The van der Waals surface area contributed by atoms with Gasteiger partial charge in [0.2, 0.25) is 0 Å². The van der Waals surface area contributed by atoms with Gasteiger partial charge >= 0.3 is 0 Å². The second-order valence-electron chi connectivity index (χ2n) is 8.49. The zero-order valence-electron chi connectivity index (χ0n) is 21.0. The van der Waals surface area contributed by atoms with Gasteiger partial charge in [0, 0.05) is 39.9 Å². The summed E-state index contributed by atoms with van der Waals surface area (Å²) >= 11 is 0. The summed E-state index contributed by atoms with van der Waals surface area (Å²) in [5.74, 6) is 4.71. The van der Waals surface area contributed by atoms with Gasteiger partial charge in [0.15, 0.2) is 0 Å². The maximum atomic E-state index is 13.5. The molecule has 1 N–H and O–H groups in total. The lowest BCUT2D eigenvalue weighted by molar-refractivity contribution is 0.317. The van der Waals surface area contributed by atoms with Crippen LogP contribution in [0.4, 0.5) is 0 Å². The van der Waals surface area contributed by atoms with Gasteiger partial charge in [0.1, 0.15) is 0 Å². The third kappa shape index (κ3) is 8.16. The summed E-state index contributed by atoms with van der Waals surface area (Å²) in [7, 11) is -2.39. The highest BCUT2D eigenvalue weighted by Crippen LogP contribution is 2.22. The van der Waals surface area contributed by atoms with Crippen LogP contribution in [0.2, 0.25) is 0 Å². The third-order valence-electron chi connectivity index (χ3n) is 5.88. The van der Waals surface area contributed by atoms with E-state index in [1.165, 1.54) is 11.3 Å². The number of H-pyrrole nitrogens is 1. The normalized spacial score (nSPS) is 13.4. The number of nitrogens with one attached hydrogen (secondary N) is 1. The van der Waals surface area contributed by atoms with Crippen molar-refractivity contribution < 1.29 is 4.21 Å². The first-order chi connectivity index (χ1) is 16.3. The van der Waals surface area contributed by atoms with Gasteiger partial charge in [0.25, 0.3) is 0 Å². The SMILES string of the molecule is C=S(=O)(CCC)N(Cc1cc(C#N)ccc1C)[C@@H](CC)Cc1ccccc1.CCc1cnc[nH]1. The van der Waals surface area contributed by atoms with Gasteiger partial charge in [-0.25, -0.2) is 9.29 Å². The van der Waals surface area contributed by atoms with Crippen LogP contribution in [0.5, 0.6) is 0 Å². The first-order valence-corrected chi connectivity index (χ1v) is 13.8. The molecule has 0 aliphatic rings. The molecule has 0 aliphatic heterocycles. The van der Waals surface area contributed by atoms with Crippen LogP contribution in [0.3, 0.4) is 0 Å². The Labute approximate surface area is 206 Å². The second kappa shape index (κ2) is 13.7. The van der Waals surface area contributed by atoms with Crippen molar-refractivity contribution in [1.82, 2.24) is 14.3 Å². The lowest BCUT2D eigenvalue weighted by atomic mass is 10.0. The molecule has 6 heteroatoms. The van der Waals surface area contributed by atoms with E-state index in [0.717, 1.165) is 36.8 Å². The minimum atomic E-state index is -2.39. The number of aryl methyl sites for hydroxylation is 2. The molecule has 0 aliphatic carbocycles. The molecular formula is C28H38N4OS. The van der Waals surface area contributed by atoms with Crippen LogP contribution in [0.25, 0.3) is 0 Å². The molecule has 0 fully saturated rings. The first kappa shape index (κ1) is 27.4. The van der Waals surface area contributed by atoms with Gasteiger partial charge in [-0.05, 0) is 67.3 Å². The van der Waals surface area contributed by atoms with E-state index in [-0.39, 0.29) is 6.04 Å². The Morgan fingerprint density at radius 3 is 2.44 bits per heavy atom. The summed E-state index contributed by atoms with van der Waals surface area (Å²) in [5.41, 5.74) is 5.23. The zero-order chi connectivity index (χ0) is 25.0. The minimum Gasteiger partial charge on any atom is -0.349 e. The zero-order valence-corrected chi connectivity index (χ0v) is 21.8. The third-order valence-corrected chi connectivity index (χ3v) is 8.21. The number of hydrogen-bond donors (Lipinski definition) is 1. The molecular weight excluding hydrogens is 440 g/mol. The van der Waals surface area contributed by atoms with E-state index in [1.54, 1.807) is 6.33 Å². The smallest absolute Gasteiger partial charge is 0.0991 e. The number of aromatic amines is 1. The fourth-order valence-corrected chi connectivity index (χ4v) is 5.86. The molecule has 2 aromatic carbocycles. The molecule has 2 atom stereocenters. The summed E-state index contributed by atoms with van der Waals surface area (Å²) in [6.45, 7) is 8.86. The average Bonchev–Trinajstić information content (AvgIpc) is 3.37. The maximum absolute atomic E-state index is 13.5. The van der Waals surface area contributed by atoms with Gasteiger partial charge in [-0.3, -0.25) is 4.21 Å². The monoisotopic (exact) mass is 478 g/mol. The summed E-state index contributed by atoms with van der Waals surface area (Å²) < 4.78 is 15.6. The highest BCUT2D eigenvalue weighted by molar-refractivity contribution is 7.98. The summed E-state index contributed by atoms with van der Waals surface area (Å²) in [5, 5.41) is 9.25. The molecule has 0 amide bonds. The topological polar surface area (TPSA) is 72.8 Å². The van der Waals surface area contributed by atoms with E-state index >= 15 is 0 Å². The Morgan fingerprint density at radius 2 is 1.91 bits per heavy atom. The predicted molar refractivity (Wildman–Crippen MR) is 144 cm³/mol. The van der Waals surface area contributed by atoms with E-state index in [1.807, 2.05) is 56.4 Å². The molecule has 3 aromatic rings. The highest BCUT2D eigenvalue weighted by atomic mass is 32.2. The Balaban J connectivity index is 0.000000497. The number of benzene rings is 2. The highest BCUT2D eigenvalue weighted by Gasteiger charge is 2.25. The van der Waals surface area contributed by atoms with E-state index < -0.39 is 9.71 Å². The summed E-state index contributed by atoms with van der Waals surface area (Å²) in [4.78, 5) is 6.81. The van der Waals surface area contributed by atoms with Crippen molar-refractivity contribution in [1.29, 1.82) is 5.26 Å². The minimum absolute atomic E-state index is 0.133. The van der Waals surface area contributed by atoms with E-state index in [9.17, 15) is 9.47 Å². The molecule has 34 heavy (non-hydrogen) atoms. The second-order valence-corrected chi connectivity index (χ2v) is 10.9. The van der Waals surface area contributed by atoms with E-state index in [4.69, 9.17) is 0 Å². The first-order valence-electron chi connectivity index (χ1n) is 12.0. The molecule has 3 rings (SSSR count). The van der Waals surface area contributed by atoms with Crippen molar-refractivity contribution in [2.45, 2.75) is 66.0 Å². The number of nitriles is 1. The summed E-state index contributed by atoms with van der Waals surface area (Å²) in [6.07, 6.45) is 7.13. The molecule has 182 valence electrons. The van der Waals surface area contributed by atoms with Crippen molar-refractivity contribution >= 4 is 15.6 Å². The van der Waals surface area contributed by atoms with Gasteiger partial charge in [-0.1, -0.05) is 57.2 Å². The van der Waals surface area contributed by atoms with Crippen LogP contribution in [0.15, 0.2) is 61.1 Å². The number of imidazole rings is 1. The van der Waals surface area contributed by atoms with Crippen LogP contribution < -0.4 is 0 Å².